The van der Waals surface area contributed by atoms with Gasteiger partial charge in [0.1, 0.15) is 0 Å². The molecule has 0 saturated carbocycles. The molecule has 0 radical (unpaired) electrons. The van der Waals surface area contributed by atoms with E-state index in [2.05, 4.69) is 36.7 Å². The van der Waals surface area contributed by atoms with Crippen LogP contribution in [0.2, 0.25) is 0 Å². The van der Waals surface area contributed by atoms with E-state index in [0.717, 1.165) is 16.5 Å². The lowest BCUT2D eigenvalue weighted by atomic mass is 10.1. The number of carbonyl (C=O) groups is 1. The maximum absolute atomic E-state index is 13.2. The minimum Gasteiger partial charge on any atom is -0.454 e. The quantitative estimate of drug-likeness (QED) is 0.420. The van der Waals surface area contributed by atoms with Gasteiger partial charge in [0.2, 0.25) is 6.79 Å². The molecule has 29 heavy (non-hydrogen) atoms. The van der Waals surface area contributed by atoms with Crippen LogP contribution in [0.25, 0.3) is 17.0 Å². The van der Waals surface area contributed by atoms with Crippen molar-refractivity contribution in [1.29, 1.82) is 0 Å². The van der Waals surface area contributed by atoms with Crippen LogP contribution >= 0.6 is 24.0 Å². The Hall–Kier alpha value is -2.77. The van der Waals surface area contributed by atoms with Crippen LogP contribution in [-0.2, 0) is 4.79 Å². The average molecular weight is 423 g/mol. The van der Waals surface area contributed by atoms with Gasteiger partial charge in [-0.1, -0.05) is 42.2 Å². The number of hydrogen-bond donors (Lipinski definition) is 0. The number of anilines is 1. The van der Waals surface area contributed by atoms with Crippen molar-refractivity contribution < 1.29 is 14.3 Å². The monoisotopic (exact) mass is 422 g/mol. The predicted octanol–water partition coefficient (Wildman–Crippen LogP) is 5.36. The molecule has 1 fully saturated rings. The summed E-state index contributed by atoms with van der Waals surface area (Å²) in [5.41, 5.74) is 2.85. The second kappa shape index (κ2) is 6.93. The molecule has 3 heterocycles. The summed E-state index contributed by atoms with van der Waals surface area (Å²) in [5, 5.41) is 1.12. The average Bonchev–Trinajstić information content (AvgIpc) is 3.38. The molecule has 0 bridgehead atoms. The maximum Gasteiger partial charge on any atom is 0.270 e. The number of nitrogens with zero attached hydrogens (tertiary/aromatic N) is 2. The van der Waals surface area contributed by atoms with E-state index in [1.165, 1.54) is 11.8 Å². The number of fused-ring (bicyclic) bond motifs is 2. The first-order valence-electron chi connectivity index (χ1n) is 9.30. The molecular weight excluding hydrogens is 404 g/mol. The second-order valence-electron chi connectivity index (χ2n) is 7.16. The summed E-state index contributed by atoms with van der Waals surface area (Å²) >= 11 is 6.83. The SMILES string of the molecule is CC(C)n1cc(/C=C2/SC(=S)N(c3ccc4c(c3)OCO4)C2=O)c2ccccc21. The fraction of sp³-hybridized carbons (Fsp3) is 0.182. The molecule has 2 aromatic carbocycles. The number of carbonyl (C=O) groups excluding carboxylic acids is 1. The van der Waals surface area contributed by atoms with E-state index in [-0.39, 0.29) is 12.7 Å². The molecule has 0 unspecified atom stereocenters. The van der Waals surface area contributed by atoms with E-state index < -0.39 is 0 Å². The number of hydrogen-bond acceptors (Lipinski definition) is 5. The maximum atomic E-state index is 13.2. The van der Waals surface area contributed by atoms with Gasteiger partial charge in [0.05, 0.1) is 10.6 Å². The molecule has 1 saturated heterocycles. The number of rotatable bonds is 3. The van der Waals surface area contributed by atoms with Gasteiger partial charge in [-0.2, -0.15) is 0 Å². The third kappa shape index (κ3) is 3.01. The second-order valence-corrected chi connectivity index (χ2v) is 8.83. The van der Waals surface area contributed by atoms with Crippen molar-refractivity contribution >= 4 is 56.9 Å². The lowest BCUT2D eigenvalue weighted by Gasteiger charge is -2.14. The van der Waals surface area contributed by atoms with Gasteiger partial charge >= 0.3 is 0 Å². The third-order valence-electron chi connectivity index (χ3n) is 5.02. The highest BCUT2D eigenvalue weighted by molar-refractivity contribution is 8.27. The minimum atomic E-state index is -0.125. The zero-order valence-corrected chi connectivity index (χ0v) is 17.5. The van der Waals surface area contributed by atoms with Gasteiger partial charge in [-0.25, -0.2) is 0 Å². The lowest BCUT2D eigenvalue weighted by Crippen LogP contribution is -2.27. The summed E-state index contributed by atoms with van der Waals surface area (Å²) in [7, 11) is 0. The number of benzene rings is 2. The molecule has 3 aromatic rings. The normalized spacial score (nSPS) is 17.3. The molecule has 2 aliphatic rings. The molecule has 0 spiro atoms. The summed E-state index contributed by atoms with van der Waals surface area (Å²) in [6.45, 7) is 4.49. The van der Waals surface area contributed by atoms with E-state index >= 15 is 0 Å². The van der Waals surface area contributed by atoms with Crippen molar-refractivity contribution in [3.05, 3.63) is 59.1 Å². The first-order valence-corrected chi connectivity index (χ1v) is 10.5. The molecule has 7 heteroatoms. The van der Waals surface area contributed by atoms with Gasteiger partial charge in [-0.3, -0.25) is 9.69 Å². The fourth-order valence-electron chi connectivity index (χ4n) is 3.63. The van der Waals surface area contributed by atoms with E-state index in [1.807, 2.05) is 24.3 Å². The topological polar surface area (TPSA) is 43.7 Å². The summed E-state index contributed by atoms with van der Waals surface area (Å²) in [4.78, 5) is 15.3. The van der Waals surface area contributed by atoms with Crippen molar-refractivity contribution in [2.75, 3.05) is 11.7 Å². The highest BCUT2D eigenvalue weighted by Gasteiger charge is 2.34. The predicted molar refractivity (Wildman–Crippen MR) is 121 cm³/mol. The van der Waals surface area contributed by atoms with Crippen LogP contribution in [0.1, 0.15) is 25.5 Å². The molecule has 146 valence electrons. The van der Waals surface area contributed by atoms with Crippen molar-refractivity contribution in [3.63, 3.8) is 0 Å². The number of para-hydroxylation sites is 1. The van der Waals surface area contributed by atoms with E-state index in [0.29, 0.717) is 32.5 Å². The van der Waals surface area contributed by atoms with Crippen LogP contribution in [0, 0.1) is 0 Å². The number of thioether (sulfide) groups is 1. The summed E-state index contributed by atoms with van der Waals surface area (Å²) in [6.07, 6.45) is 4.04. The Morgan fingerprint density at radius 2 is 1.93 bits per heavy atom. The first-order chi connectivity index (χ1) is 14.0. The third-order valence-corrected chi connectivity index (χ3v) is 6.32. The lowest BCUT2D eigenvalue weighted by molar-refractivity contribution is -0.113. The summed E-state index contributed by atoms with van der Waals surface area (Å²) in [5.74, 6) is 1.18. The highest BCUT2D eigenvalue weighted by Crippen LogP contribution is 2.41. The molecule has 0 aliphatic carbocycles. The molecule has 1 aromatic heterocycles. The van der Waals surface area contributed by atoms with Crippen LogP contribution in [0.15, 0.2) is 53.6 Å². The molecule has 0 atom stereocenters. The van der Waals surface area contributed by atoms with Crippen molar-refractivity contribution in [2.24, 2.45) is 0 Å². The van der Waals surface area contributed by atoms with Crippen molar-refractivity contribution in [3.8, 4) is 11.5 Å². The Kier molecular flexibility index (Phi) is 4.37. The smallest absolute Gasteiger partial charge is 0.270 e. The van der Waals surface area contributed by atoms with E-state index in [4.69, 9.17) is 21.7 Å². The standard InChI is InChI=1S/C22H18N2O3S2/c1-13(2)23-11-14(16-5-3-4-6-17(16)23)9-20-21(25)24(22(28)29-20)15-7-8-18-19(10-15)27-12-26-18/h3-11,13H,12H2,1-2H3/b20-9+. The Morgan fingerprint density at radius 1 is 1.14 bits per heavy atom. The Labute approximate surface area is 177 Å². The molecule has 5 nitrogen and oxygen atoms in total. The van der Waals surface area contributed by atoms with Crippen LogP contribution in [0.3, 0.4) is 0 Å². The number of ether oxygens (including phenoxy) is 2. The molecule has 1 amide bonds. The Morgan fingerprint density at radius 3 is 2.76 bits per heavy atom. The Bertz CT molecular complexity index is 1200. The van der Waals surface area contributed by atoms with Crippen molar-refractivity contribution in [2.45, 2.75) is 19.9 Å². The first kappa shape index (κ1) is 18.3. The van der Waals surface area contributed by atoms with Gasteiger partial charge in [0, 0.05) is 34.8 Å². The van der Waals surface area contributed by atoms with Gasteiger partial charge in [0.15, 0.2) is 15.8 Å². The fourth-order valence-corrected chi connectivity index (χ4v) is 4.92. The zero-order chi connectivity index (χ0) is 20.1. The van der Waals surface area contributed by atoms with E-state index in [9.17, 15) is 4.79 Å². The highest BCUT2D eigenvalue weighted by atomic mass is 32.2. The van der Waals surface area contributed by atoms with Gasteiger partial charge in [-0.05, 0) is 38.1 Å². The van der Waals surface area contributed by atoms with Crippen LogP contribution in [0.5, 0.6) is 11.5 Å². The van der Waals surface area contributed by atoms with Gasteiger partial charge in [-0.15, -0.1) is 0 Å². The van der Waals surface area contributed by atoms with Crippen molar-refractivity contribution in [1.82, 2.24) is 4.57 Å². The zero-order valence-electron chi connectivity index (χ0n) is 15.9. The van der Waals surface area contributed by atoms with Crippen LogP contribution in [-0.4, -0.2) is 21.6 Å². The van der Waals surface area contributed by atoms with Gasteiger partial charge < -0.3 is 14.0 Å². The molecular formula is C22H18N2O3S2. The van der Waals surface area contributed by atoms with Gasteiger partial charge in [0.25, 0.3) is 5.91 Å². The van der Waals surface area contributed by atoms with Crippen LogP contribution in [0.4, 0.5) is 5.69 Å². The molecule has 2 aliphatic heterocycles. The van der Waals surface area contributed by atoms with Crippen LogP contribution < -0.4 is 14.4 Å². The molecule has 0 N–H and O–H groups in total. The summed E-state index contributed by atoms with van der Waals surface area (Å²) in [6, 6.07) is 14.0. The summed E-state index contributed by atoms with van der Waals surface area (Å²) < 4.78 is 13.5. The largest absolute Gasteiger partial charge is 0.454 e. The Balaban J connectivity index is 1.53. The number of amides is 1. The van der Waals surface area contributed by atoms with E-state index in [1.54, 1.807) is 17.0 Å². The molecule has 5 rings (SSSR count). The number of aromatic nitrogens is 1. The minimum absolute atomic E-state index is 0.125. The number of thiocarbonyl (C=S) groups is 1.